The number of imidazole rings is 1. The molecule has 7 heteroatoms. The van der Waals surface area contributed by atoms with Crippen LogP contribution in [0.25, 0.3) is 11.4 Å². The van der Waals surface area contributed by atoms with Crippen molar-refractivity contribution in [2.75, 3.05) is 19.6 Å². The van der Waals surface area contributed by atoms with Gasteiger partial charge in [0.25, 0.3) is 5.91 Å². The van der Waals surface area contributed by atoms with E-state index in [-0.39, 0.29) is 18.5 Å². The highest BCUT2D eigenvalue weighted by molar-refractivity contribution is 5.96. The van der Waals surface area contributed by atoms with E-state index in [1.807, 2.05) is 12.1 Å². The van der Waals surface area contributed by atoms with Gasteiger partial charge in [-0.1, -0.05) is 12.1 Å². The molecule has 7 nitrogen and oxygen atoms in total. The lowest BCUT2D eigenvalue weighted by Gasteiger charge is -2.48. The van der Waals surface area contributed by atoms with Gasteiger partial charge in [0.05, 0.1) is 0 Å². The van der Waals surface area contributed by atoms with E-state index in [9.17, 15) is 14.7 Å². The van der Waals surface area contributed by atoms with Crippen molar-refractivity contribution in [3.63, 3.8) is 0 Å². The van der Waals surface area contributed by atoms with Crippen LogP contribution >= 0.6 is 0 Å². The lowest BCUT2D eigenvalue weighted by atomic mass is 9.70. The minimum absolute atomic E-state index is 0.0627. The number of aliphatic carboxylic acids is 1. The average molecular weight is 354 g/mol. The molecule has 3 heterocycles. The van der Waals surface area contributed by atoms with E-state index in [1.165, 1.54) is 0 Å². The van der Waals surface area contributed by atoms with Crippen LogP contribution in [0.15, 0.2) is 36.7 Å². The Hall–Kier alpha value is -2.67. The van der Waals surface area contributed by atoms with Gasteiger partial charge in [0.1, 0.15) is 11.2 Å². The molecule has 2 fully saturated rings. The Kier molecular flexibility index (Phi) is 4.24. The molecule has 4 rings (SSSR count). The first kappa shape index (κ1) is 16.8. The predicted molar refractivity (Wildman–Crippen MR) is 95.6 cm³/mol. The van der Waals surface area contributed by atoms with Gasteiger partial charge in [0, 0.05) is 42.7 Å². The maximum absolute atomic E-state index is 13.0. The number of rotatable bonds is 3. The Morgan fingerprint density at radius 3 is 3.00 bits per heavy atom. The summed E-state index contributed by atoms with van der Waals surface area (Å²) in [7, 11) is 0. The number of benzene rings is 1. The number of carboxylic acid groups (broad SMARTS) is 1. The van der Waals surface area contributed by atoms with Gasteiger partial charge >= 0.3 is 5.97 Å². The number of aromatic nitrogens is 2. The largest absolute Gasteiger partial charge is 0.481 e. The third kappa shape index (κ3) is 2.78. The summed E-state index contributed by atoms with van der Waals surface area (Å²) < 4.78 is 0. The number of carbonyl (C=O) groups excluding carboxylic acids is 1. The van der Waals surface area contributed by atoms with Crippen LogP contribution in [0.1, 0.15) is 29.6 Å². The molecule has 2 aromatic rings. The Bertz CT molecular complexity index is 820. The van der Waals surface area contributed by atoms with Crippen LogP contribution in [0.5, 0.6) is 0 Å². The van der Waals surface area contributed by atoms with Crippen LogP contribution in [0.4, 0.5) is 0 Å². The molecule has 2 aliphatic rings. The molecule has 0 unspecified atom stereocenters. The number of amides is 1. The molecule has 2 aliphatic heterocycles. The molecule has 1 aromatic carbocycles. The summed E-state index contributed by atoms with van der Waals surface area (Å²) in [6.07, 6.45) is 5.49. The fourth-order valence-electron chi connectivity index (χ4n) is 4.22. The summed E-state index contributed by atoms with van der Waals surface area (Å²) >= 11 is 0. The van der Waals surface area contributed by atoms with E-state index in [0.717, 1.165) is 18.5 Å². The second-order valence-electron chi connectivity index (χ2n) is 7.11. The smallest absolute Gasteiger partial charge is 0.313 e. The summed E-state index contributed by atoms with van der Waals surface area (Å²) in [5.41, 5.74) is 0.509. The van der Waals surface area contributed by atoms with Gasteiger partial charge in [-0.05, 0) is 37.9 Å². The molecule has 0 aliphatic carbocycles. The number of piperidine rings is 2. The number of nitrogens with one attached hydrogen (secondary N) is 2. The Labute approximate surface area is 151 Å². The first-order chi connectivity index (χ1) is 12.6. The standard InChI is InChI=1S/C19H22N4O3/c24-17(14-4-1-3-13(11-14)16-21-8-9-22-16)23-10-5-15-19(12-23,18(25)26)6-2-7-20-15/h1,3-4,8-9,11,15,20H,2,5-7,10,12H2,(H,21,22)(H,25,26)/t15-,19+/m1/s1. The van der Waals surface area contributed by atoms with E-state index in [4.69, 9.17) is 0 Å². The van der Waals surface area contributed by atoms with E-state index in [1.54, 1.807) is 29.4 Å². The summed E-state index contributed by atoms with van der Waals surface area (Å²) in [5.74, 6) is -0.226. The highest BCUT2D eigenvalue weighted by atomic mass is 16.4. The number of fused-ring (bicyclic) bond motifs is 1. The van der Waals surface area contributed by atoms with Crippen LogP contribution < -0.4 is 5.32 Å². The number of hydrogen-bond donors (Lipinski definition) is 3. The van der Waals surface area contributed by atoms with Crippen LogP contribution in [-0.4, -0.2) is 57.5 Å². The summed E-state index contributed by atoms with van der Waals surface area (Å²) in [5, 5.41) is 13.2. The molecule has 2 saturated heterocycles. The summed E-state index contributed by atoms with van der Waals surface area (Å²) in [6.45, 7) is 1.67. The van der Waals surface area contributed by atoms with Gasteiger partial charge in [-0.25, -0.2) is 4.98 Å². The summed E-state index contributed by atoms with van der Waals surface area (Å²) in [4.78, 5) is 34.0. The van der Waals surface area contributed by atoms with Gasteiger partial charge < -0.3 is 20.3 Å². The van der Waals surface area contributed by atoms with Crippen molar-refractivity contribution >= 4 is 11.9 Å². The van der Waals surface area contributed by atoms with Gasteiger partial charge in [-0.2, -0.15) is 0 Å². The number of carboxylic acids is 1. The Balaban J connectivity index is 1.59. The molecule has 3 N–H and O–H groups in total. The van der Waals surface area contributed by atoms with Crippen molar-refractivity contribution in [2.45, 2.75) is 25.3 Å². The molecule has 0 radical (unpaired) electrons. The number of hydrogen-bond acceptors (Lipinski definition) is 4. The average Bonchev–Trinajstić information content (AvgIpc) is 3.22. The zero-order valence-corrected chi connectivity index (χ0v) is 14.4. The first-order valence-electron chi connectivity index (χ1n) is 8.96. The molecule has 26 heavy (non-hydrogen) atoms. The molecule has 0 spiro atoms. The van der Waals surface area contributed by atoms with Crippen molar-refractivity contribution in [1.29, 1.82) is 0 Å². The van der Waals surface area contributed by atoms with Gasteiger partial charge in [-0.3, -0.25) is 9.59 Å². The second kappa shape index (κ2) is 6.57. The Morgan fingerprint density at radius 1 is 1.35 bits per heavy atom. The number of H-pyrrole nitrogens is 1. The van der Waals surface area contributed by atoms with Crippen molar-refractivity contribution < 1.29 is 14.7 Å². The van der Waals surface area contributed by atoms with Crippen LogP contribution in [0.2, 0.25) is 0 Å². The molecule has 2 atom stereocenters. The third-order valence-electron chi connectivity index (χ3n) is 5.61. The SMILES string of the molecule is O=C(c1cccc(-c2ncc[nH]2)c1)N1CC[C@H]2NCCC[C@]2(C(=O)O)C1. The minimum atomic E-state index is -0.884. The monoisotopic (exact) mass is 354 g/mol. The fraction of sp³-hybridized carbons (Fsp3) is 0.421. The molecular formula is C19H22N4O3. The molecule has 1 amide bonds. The topological polar surface area (TPSA) is 98.3 Å². The van der Waals surface area contributed by atoms with E-state index < -0.39 is 11.4 Å². The zero-order valence-electron chi connectivity index (χ0n) is 14.4. The lowest BCUT2D eigenvalue weighted by Crippen LogP contribution is -2.63. The Morgan fingerprint density at radius 2 is 2.23 bits per heavy atom. The minimum Gasteiger partial charge on any atom is -0.481 e. The van der Waals surface area contributed by atoms with Crippen molar-refractivity contribution in [3.8, 4) is 11.4 Å². The van der Waals surface area contributed by atoms with Gasteiger partial charge in [0.15, 0.2) is 0 Å². The molecule has 136 valence electrons. The molecule has 0 saturated carbocycles. The molecule has 0 bridgehead atoms. The molecule has 1 aromatic heterocycles. The van der Waals surface area contributed by atoms with E-state index in [0.29, 0.717) is 30.8 Å². The normalized spacial score (nSPS) is 25.5. The predicted octanol–water partition coefficient (Wildman–Crippen LogP) is 1.75. The van der Waals surface area contributed by atoms with Crippen LogP contribution in [0, 0.1) is 5.41 Å². The van der Waals surface area contributed by atoms with Crippen LogP contribution in [0.3, 0.4) is 0 Å². The number of aromatic amines is 1. The van der Waals surface area contributed by atoms with E-state index >= 15 is 0 Å². The van der Waals surface area contributed by atoms with Crippen LogP contribution in [-0.2, 0) is 4.79 Å². The quantitative estimate of drug-likeness (QED) is 0.780. The second-order valence-corrected chi connectivity index (χ2v) is 7.11. The zero-order chi connectivity index (χ0) is 18.1. The summed E-state index contributed by atoms with van der Waals surface area (Å²) in [6, 6.07) is 7.23. The van der Waals surface area contributed by atoms with Gasteiger partial charge in [-0.15, -0.1) is 0 Å². The number of nitrogens with zero attached hydrogens (tertiary/aromatic N) is 2. The first-order valence-corrected chi connectivity index (χ1v) is 8.96. The molecular weight excluding hydrogens is 332 g/mol. The maximum atomic E-state index is 13.0. The highest BCUT2D eigenvalue weighted by Crippen LogP contribution is 2.38. The number of carbonyl (C=O) groups is 2. The number of likely N-dealkylation sites (tertiary alicyclic amines) is 1. The lowest BCUT2D eigenvalue weighted by molar-refractivity contribution is -0.156. The fourth-order valence-corrected chi connectivity index (χ4v) is 4.22. The maximum Gasteiger partial charge on any atom is 0.313 e. The van der Waals surface area contributed by atoms with Crippen molar-refractivity contribution in [3.05, 3.63) is 42.2 Å². The highest BCUT2D eigenvalue weighted by Gasteiger charge is 2.51. The van der Waals surface area contributed by atoms with Crippen molar-refractivity contribution in [1.82, 2.24) is 20.2 Å². The van der Waals surface area contributed by atoms with Crippen molar-refractivity contribution in [2.24, 2.45) is 5.41 Å². The third-order valence-corrected chi connectivity index (χ3v) is 5.61. The van der Waals surface area contributed by atoms with E-state index in [2.05, 4.69) is 15.3 Å². The van der Waals surface area contributed by atoms with Gasteiger partial charge in [0.2, 0.25) is 0 Å².